The van der Waals surface area contributed by atoms with Crippen LogP contribution in [0.2, 0.25) is 0 Å². The van der Waals surface area contributed by atoms with Crippen LogP contribution in [0.1, 0.15) is 43.7 Å². The molecule has 2 nitrogen and oxygen atoms in total. The molecule has 1 aromatic carbocycles. The third-order valence-corrected chi connectivity index (χ3v) is 5.71. The van der Waals surface area contributed by atoms with Gasteiger partial charge in [0.25, 0.3) is 0 Å². The second-order valence-electron chi connectivity index (χ2n) is 6.28. The van der Waals surface area contributed by atoms with Gasteiger partial charge >= 0.3 is 0 Å². The van der Waals surface area contributed by atoms with E-state index in [4.69, 9.17) is 4.74 Å². The van der Waals surface area contributed by atoms with Crippen molar-refractivity contribution >= 4 is 11.8 Å². The van der Waals surface area contributed by atoms with E-state index in [9.17, 15) is 0 Å². The third kappa shape index (κ3) is 5.65. The summed E-state index contributed by atoms with van der Waals surface area (Å²) in [6.07, 6.45) is 5.58. The summed E-state index contributed by atoms with van der Waals surface area (Å²) < 4.78 is 5.05. The van der Waals surface area contributed by atoms with E-state index in [-0.39, 0.29) is 0 Å². The van der Waals surface area contributed by atoms with Crippen molar-refractivity contribution in [2.45, 2.75) is 56.2 Å². The summed E-state index contributed by atoms with van der Waals surface area (Å²) in [5.74, 6) is 0.904. The molecule has 21 heavy (non-hydrogen) atoms. The fraction of sp³-hybridized carbons (Fsp3) is 0.667. The molecule has 1 saturated carbocycles. The van der Waals surface area contributed by atoms with Crippen molar-refractivity contribution in [1.82, 2.24) is 5.32 Å². The Bertz CT molecular complexity index is 435. The first-order valence-electron chi connectivity index (χ1n) is 8.15. The van der Waals surface area contributed by atoms with E-state index in [1.165, 1.54) is 41.7 Å². The standard InChI is InChI=1S/C18H29NOS/c1-14-5-4-6-17(11-14)21-18-8-7-16(12-15(18)2)13-19-9-10-20-3/h7-8,12,14,17,19H,4-6,9-11,13H2,1-3H3. The Morgan fingerprint density at radius 1 is 1.33 bits per heavy atom. The van der Waals surface area contributed by atoms with Gasteiger partial charge < -0.3 is 10.1 Å². The Labute approximate surface area is 134 Å². The third-order valence-electron chi connectivity index (χ3n) is 4.23. The minimum atomic E-state index is 0.771. The maximum Gasteiger partial charge on any atom is 0.0587 e. The van der Waals surface area contributed by atoms with Crippen LogP contribution in [0.3, 0.4) is 0 Å². The van der Waals surface area contributed by atoms with Crippen LogP contribution in [0.4, 0.5) is 0 Å². The monoisotopic (exact) mass is 307 g/mol. The molecule has 1 aromatic rings. The summed E-state index contributed by atoms with van der Waals surface area (Å²) in [6, 6.07) is 6.91. The van der Waals surface area contributed by atoms with Crippen molar-refractivity contribution < 1.29 is 4.74 Å². The Kier molecular flexibility index (Phi) is 7.08. The van der Waals surface area contributed by atoms with Crippen molar-refractivity contribution in [1.29, 1.82) is 0 Å². The SMILES string of the molecule is COCCNCc1ccc(SC2CCCC(C)C2)c(C)c1. The van der Waals surface area contributed by atoms with E-state index < -0.39 is 0 Å². The molecule has 118 valence electrons. The molecule has 0 heterocycles. The number of thioether (sulfide) groups is 1. The maximum atomic E-state index is 5.05. The van der Waals surface area contributed by atoms with Gasteiger partial charge in [0, 0.05) is 30.3 Å². The van der Waals surface area contributed by atoms with E-state index in [0.29, 0.717) is 0 Å². The fourth-order valence-corrected chi connectivity index (χ4v) is 4.49. The maximum absolute atomic E-state index is 5.05. The van der Waals surface area contributed by atoms with Gasteiger partial charge in [-0.3, -0.25) is 0 Å². The molecule has 0 bridgehead atoms. The molecule has 1 fully saturated rings. The Hall–Kier alpha value is -0.510. The summed E-state index contributed by atoms with van der Waals surface area (Å²) in [6.45, 7) is 7.25. The predicted octanol–water partition coefficient (Wildman–Crippen LogP) is 4.40. The number of methoxy groups -OCH3 is 1. The van der Waals surface area contributed by atoms with Crippen molar-refractivity contribution in [3.63, 3.8) is 0 Å². The molecule has 0 amide bonds. The molecule has 3 heteroatoms. The lowest BCUT2D eigenvalue weighted by atomic mass is 9.91. The highest BCUT2D eigenvalue weighted by molar-refractivity contribution is 8.00. The lowest BCUT2D eigenvalue weighted by Crippen LogP contribution is -2.18. The molecule has 0 saturated heterocycles. The number of rotatable bonds is 7. The van der Waals surface area contributed by atoms with E-state index in [1.807, 2.05) is 0 Å². The van der Waals surface area contributed by atoms with Crippen LogP contribution in [-0.4, -0.2) is 25.5 Å². The van der Waals surface area contributed by atoms with Gasteiger partial charge in [-0.2, -0.15) is 0 Å². The molecule has 2 atom stereocenters. The first kappa shape index (κ1) is 16.9. The van der Waals surface area contributed by atoms with E-state index in [0.717, 1.165) is 30.9 Å². The number of benzene rings is 1. The quantitative estimate of drug-likeness (QED) is 0.754. The Morgan fingerprint density at radius 3 is 2.90 bits per heavy atom. The van der Waals surface area contributed by atoms with Crippen LogP contribution < -0.4 is 5.32 Å². The van der Waals surface area contributed by atoms with E-state index >= 15 is 0 Å². The van der Waals surface area contributed by atoms with Crippen LogP contribution in [0.15, 0.2) is 23.1 Å². The number of nitrogens with one attached hydrogen (secondary N) is 1. The smallest absolute Gasteiger partial charge is 0.0587 e. The molecule has 0 aliphatic heterocycles. The van der Waals surface area contributed by atoms with Gasteiger partial charge in [-0.05, 0) is 42.9 Å². The topological polar surface area (TPSA) is 21.3 Å². The molecule has 1 N–H and O–H groups in total. The van der Waals surface area contributed by atoms with Crippen molar-refractivity contribution in [2.24, 2.45) is 5.92 Å². The molecule has 0 spiro atoms. The van der Waals surface area contributed by atoms with Gasteiger partial charge in [0.1, 0.15) is 0 Å². The second kappa shape index (κ2) is 8.82. The Morgan fingerprint density at radius 2 is 2.19 bits per heavy atom. The van der Waals surface area contributed by atoms with Crippen molar-refractivity contribution in [3.8, 4) is 0 Å². The minimum absolute atomic E-state index is 0.771. The van der Waals surface area contributed by atoms with Crippen LogP contribution in [0, 0.1) is 12.8 Å². The molecule has 1 aliphatic carbocycles. The molecule has 2 rings (SSSR count). The molecule has 0 radical (unpaired) electrons. The van der Waals surface area contributed by atoms with Gasteiger partial charge in [0.2, 0.25) is 0 Å². The highest BCUT2D eigenvalue weighted by Gasteiger charge is 2.20. The average molecular weight is 308 g/mol. The Balaban J connectivity index is 1.86. The number of hydrogen-bond donors (Lipinski definition) is 1. The van der Waals surface area contributed by atoms with Gasteiger partial charge in [-0.1, -0.05) is 31.9 Å². The molecule has 2 unspecified atom stereocenters. The predicted molar refractivity (Wildman–Crippen MR) is 92.0 cm³/mol. The van der Waals surface area contributed by atoms with E-state index in [1.54, 1.807) is 7.11 Å². The van der Waals surface area contributed by atoms with Gasteiger partial charge in [0.15, 0.2) is 0 Å². The number of hydrogen-bond acceptors (Lipinski definition) is 3. The first-order chi connectivity index (χ1) is 10.2. The van der Waals surface area contributed by atoms with Crippen molar-refractivity contribution in [3.05, 3.63) is 29.3 Å². The lowest BCUT2D eigenvalue weighted by Gasteiger charge is -2.26. The summed E-state index contributed by atoms with van der Waals surface area (Å²) in [5, 5.41) is 4.22. The number of aryl methyl sites for hydroxylation is 1. The molecule has 0 aromatic heterocycles. The molecular formula is C18H29NOS. The van der Waals surface area contributed by atoms with Crippen LogP contribution in [0.5, 0.6) is 0 Å². The first-order valence-corrected chi connectivity index (χ1v) is 9.03. The second-order valence-corrected chi connectivity index (χ2v) is 7.62. The zero-order chi connectivity index (χ0) is 15.1. The summed E-state index contributed by atoms with van der Waals surface area (Å²) in [7, 11) is 1.74. The molecular weight excluding hydrogens is 278 g/mol. The fourth-order valence-electron chi connectivity index (χ4n) is 3.03. The zero-order valence-electron chi connectivity index (χ0n) is 13.7. The highest BCUT2D eigenvalue weighted by atomic mass is 32.2. The summed E-state index contributed by atoms with van der Waals surface area (Å²) in [4.78, 5) is 1.47. The van der Waals surface area contributed by atoms with Crippen LogP contribution >= 0.6 is 11.8 Å². The van der Waals surface area contributed by atoms with Crippen LogP contribution in [0.25, 0.3) is 0 Å². The largest absolute Gasteiger partial charge is 0.383 e. The summed E-state index contributed by atoms with van der Waals surface area (Å²) in [5.41, 5.74) is 2.79. The van der Waals surface area contributed by atoms with Gasteiger partial charge in [-0.25, -0.2) is 0 Å². The van der Waals surface area contributed by atoms with E-state index in [2.05, 4.69) is 49.1 Å². The lowest BCUT2D eigenvalue weighted by molar-refractivity contribution is 0.199. The average Bonchev–Trinajstić information content (AvgIpc) is 2.46. The van der Waals surface area contributed by atoms with Gasteiger partial charge in [-0.15, -0.1) is 11.8 Å². The normalized spacial score (nSPS) is 22.4. The number of ether oxygens (including phenoxy) is 1. The van der Waals surface area contributed by atoms with Crippen LogP contribution in [-0.2, 0) is 11.3 Å². The zero-order valence-corrected chi connectivity index (χ0v) is 14.5. The highest BCUT2D eigenvalue weighted by Crippen LogP contribution is 2.37. The van der Waals surface area contributed by atoms with Gasteiger partial charge in [0.05, 0.1) is 6.61 Å². The summed E-state index contributed by atoms with van der Waals surface area (Å²) >= 11 is 2.10. The molecule has 1 aliphatic rings. The minimum Gasteiger partial charge on any atom is -0.383 e. The van der Waals surface area contributed by atoms with Crippen molar-refractivity contribution in [2.75, 3.05) is 20.3 Å².